The number of nitrogens with zero attached hydrogens (tertiary/aromatic N) is 2. The first-order valence-electron chi connectivity index (χ1n) is 23.9. The Morgan fingerprint density at radius 3 is 1.56 bits per heavy atom. The van der Waals surface area contributed by atoms with Gasteiger partial charge in [-0.2, -0.15) is 0 Å². The molecule has 4 heteroatoms. The summed E-state index contributed by atoms with van der Waals surface area (Å²) in [5, 5.41) is 2.43. The Hall–Kier alpha value is -5.22. The molecule has 0 saturated carbocycles. The van der Waals surface area contributed by atoms with Gasteiger partial charge in [-0.25, -0.2) is 0 Å². The molecule has 64 heavy (non-hydrogen) atoms. The Balaban J connectivity index is 1.37. The van der Waals surface area contributed by atoms with Crippen molar-refractivity contribution in [3.63, 3.8) is 0 Å². The summed E-state index contributed by atoms with van der Waals surface area (Å²) in [4.78, 5) is 5.26. The maximum Gasteiger partial charge on any atom is 0.333 e. The molecule has 0 bridgehead atoms. The van der Waals surface area contributed by atoms with Gasteiger partial charge in [0, 0.05) is 44.8 Å². The summed E-state index contributed by atoms with van der Waals surface area (Å²) >= 11 is 0. The number of hydrogen-bond acceptors (Lipinski definition) is 3. The van der Waals surface area contributed by atoms with E-state index in [1.165, 1.54) is 94.6 Å². The summed E-state index contributed by atoms with van der Waals surface area (Å²) in [6.45, 7) is 37.6. The fraction of sp³-hybridized carbons (Fsp3) is 0.400. The first-order valence-corrected chi connectivity index (χ1v) is 23.9. The van der Waals surface area contributed by atoms with Crippen LogP contribution in [0.1, 0.15) is 157 Å². The zero-order chi connectivity index (χ0) is 45.8. The van der Waals surface area contributed by atoms with Crippen molar-refractivity contribution in [3.05, 3.63) is 137 Å². The van der Waals surface area contributed by atoms with Crippen molar-refractivity contribution in [3.8, 4) is 11.1 Å². The third kappa shape index (κ3) is 6.59. The largest absolute Gasteiger partial charge is 0.456 e. The van der Waals surface area contributed by atoms with Crippen LogP contribution in [0.2, 0.25) is 0 Å². The van der Waals surface area contributed by atoms with Gasteiger partial charge in [0.15, 0.2) is 0 Å². The van der Waals surface area contributed by atoms with Crippen LogP contribution in [0.5, 0.6) is 0 Å². The molecule has 0 atom stereocenters. The summed E-state index contributed by atoms with van der Waals surface area (Å²) in [7, 11) is 0. The highest BCUT2D eigenvalue weighted by Gasteiger charge is 2.47. The number of rotatable bonds is 2. The molecule has 6 aromatic carbocycles. The Kier molecular flexibility index (Phi) is 9.12. The molecule has 0 fully saturated rings. The van der Waals surface area contributed by atoms with E-state index in [4.69, 9.17) is 4.42 Å². The predicted molar refractivity (Wildman–Crippen MR) is 278 cm³/mol. The van der Waals surface area contributed by atoms with Crippen molar-refractivity contribution < 1.29 is 4.42 Å². The second kappa shape index (κ2) is 13.7. The van der Waals surface area contributed by atoms with Gasteiger partial charge in [-0.1, -0.05) is 153 Å². The van der Waals surface area contributed by atoms with Crippen molar-refractivity contribution in [1.29, 1.82) is 0 Å². The Morgan fingerprint density at radius 1 is 0.484 bits per heavy atom. The van der Waals surface area contributed by atoms with E-state index in [2.05, 4.69) is 224 Å². The lowest BCUT2D eigenvalue weighted by molar-refractivity contribution is 0.332. The molecule has 0 N–H and O–H groups in total. The lowest BCUT2D eigenvalue weighted by atomic mass is 9.43. The molecule has 3 aliphatic rings. The zero-order valence-corrected chi connectivity index (χ0v) is 41.6. The fourth-order valence-corrected chi connectivity index (χ4v) is 11.1. The summed E-state index contributed by atoms with van der Waals surface area (Å²) < 4.78 is 7.06. The van der Waals surface area contributed by atoms with E-state index in [1.807, 2.05) is 0 Å². The summed E-state index contributed by atoms with van der Waals surface area (Å²) in [5.41, 5.74) is 21.5. The standard InChI is InChI=1S/C60H69BN2O/c1-55(2,3)36-17-22-40(23-18-36)62-47-26-21-38(57(7,8)9)32-46(47)61-54-43(31-39(33-49(54)62)58(10,11)12)52-48(63(61)41-24-19-37(20-25-41)56(4,5)6)27-28-50-53(52)42-34-44-45(35-51(42)64-50)60(15,16)30-29-59(44,13)14/h17-28,31-35H,29-30H2,1-16H3. The lowest BCUT2D eigenvalue weighted by Gasteiger charge is -2.47. The molecule has 0 radical (unpaired) electrons. The van der Waals surface area contributed by atoms with Crippen LogP contribution in [0.15, 0.2) is 108 Å². The highest BCUT2D eigenvalue weighted by molar-refractivity contribution is 6.93. The molecule has 2 aliphatic heterocycles. The molecule has 7 aromatic rings. The van der Waals surface area contributed by atoms with Gasteiger partial charge in [0.2, 0.25) is 0 Å². The molecular formula is C60H69BN2O. The van der Waals surface area contributed by atoms with Crippen LogP contribution < -0.4 is 20.6 Å². The quantitative estimate of drug-likeness (QED) is 0.162. The fourth-order valence-electron chi connectivity index (χ4n) is 11.1. The molecule has 0 spiro atoms. The predicted octanol–water partition coefficient (Wildman–Crippen LogP) is 15.8. The zero-order valence-electron chi connectivity index (χ0n) is 41.6. The molecule has 1 aromatic heterocycles. The second-order valence-electron chi connectivity index (χ2n) is 25.0. The van der Waals surface area contributed by atoms with Crippen LogP contribution in [-0.4, -0.2) is 6.85 Å². The molecule has 1 aliphatic carbocycles. The average Bonchev–Trinajstić information content (AvgIpc) is 3.58. The highest BCUT2D eigenvalue weighted by Crippen LogP contribution is 2.54. The monoisotopic (exact) mass is 845 g/mol. The van der Waals surface area contributed by atoms with Crippen LogP contribution >= 0.6 is 0 Å². The molecule has 0 unspecified atom stereocenters. The molecule has 328 valence electrons. The third-order valence-electron chi connectivity index (χ3n) is 15.3. The molecular weight excluding hydrogens is 775 g/mol. The van der Waals surface area contributed by atoms with Gasteiger partial charge >= 0.3 is 6.85 Å². The number of fused-ring (bicyclic) bond motifs is 9. The van der Waals surface area contributed by atoms with E-state index < -0.39 is 0 Å². The average molecular weight is 845 g/mol. The van der Waals surface area contributed by atoms with Crippen LogP contribution in [0.25, 0.3) is 33.1 Å². The van der Waals surface area contributed by atoms with Gasteiger partial charge in [-0.15, -0.1) is 0 Å². The summed E-state index contributed by atoms with van der Waals surface area (Å²) in [6, 6.07) is 40.8. The van der Waals surface area contributed by atoms with Gasteiger partial charge in [0.25, 0.3) is 0 Å². The Labute approximate surface area is 384 Å². The van der Waals surface area contributed by atoms with Gasteiger partial charge in [-0.3, -0.25) is 0 Å². The molecule has 3 nitrogen and oxygen atoms in total. The van der Waals surface area contributed by atoms with Crippen molar-refractivity contribution >= 4 is 68.1 Å². The van der Waals surface area contributed by atoms with Crippen LogP contribution in [0, 0.1) is 0 Å². The van der Waals surface area contributed by atoms with E-state index in [0.29, 0.717) is 0 Å². The Bertz CT molecular complexity index is 3020. The SMILES string of the molecule is CC(C)(C)c1ccc(N2B3c4cc(C(C)(C)C)ccc4N(c4ccc(C(C)(C)C)cc4)c4cc(C(C)(C)C)cc(c43)-c3c2ccc2oc4cc5c(cc4c32)C(C)(C)CCC5(C)C)cc1. The molecule has 3 heterocycles. The topological polar surface area (TPSA) is 19.6 Å². The molecule has 0 amide bonds. The van der Waals surface area contributed by atoms with E-state index in [0.717, 1.165) is 24.0 Å². The number of hydrogen-bond donors (Lipinski definition) is 0. The maximum absolute atomic E-state index is 7.06. The summed E-state index contributed by atoms with van der Waals surface area (Å²) in [6.07, 6.45) is 2.33. The van der Waals surface area contributed by atoms with Gasteiger partial charge in [-0.05, 0) is 156 Å². The molecule has 0 saturated heterocycles. The minimum atomic E-state index is -0.111. The Morgan fingerprint density at radius 2 is 1.00 bits per heavy atom. The highest BCUT2D eigenvalue weighted by atomic mass is 16.3. The second-order valence-corrected chi connectivity index (χ2v) is 25.0. The van der Waals surface area contributed by atoms with Crippen molar-refractivity contribution in [1.82, 2.24) is 0 Å². The van der Waals surface area contributed by atoms with Gasteiger partial charge in [0.1, 0.15) is 11.2 Å². The van der Waals surface area contributed by atoms with Gasteiger partial charge in [0.05, 0.1) is 0 Å². The third-order valence-corrected chi connectivity index (χ3v) is 15.3. The van der Waals surface area contributed by atoms with Crippen molar-refractivity contribution in [2.24, 2.45) is 0 Å². The van der Waals surface area contributed by atoms with Crippen molar-refractivity contribution in [2.45, 2.75) is 156 Å². The minimum Gasteiger partial charge on any atom is -0.456 e. The first kappa shape index (κ1) is 42.7. The van der Waals surface area contributed by atoms with Crippen LogP contribution in [0.3, 0.4) is 0 Å². The summed E-state index contributed by atoms with van der Waals surface area (Å²) in [5.74, 6) is 0. The van der Waals surface area contributed by atoms with Crippen LogP contribution in [0.4, 0.5) is 28.4 Å². The normalized spacial score (nSPS) is 16.8. The lowest BCUT2D eigenvalue weighted by Crippen LogP contribution is -2.62. The minimum absolute atomic E-state index is 0.0346. The van der Waals surface area contributed by atoms with Crippen LogP contribution in [-0.2, 0) is 32.5 Å². The van der Waals surface area contributed by atoms with E-state index >= 15 is 0 Å². The van der Waals surface area contributed by atoms with E-state index in [9.17, 15) is 0 Å². The smallest absolute Gasteiger partial charge is 0.333 e. The molecule has 10 rings (SSSR count). The first-order chi connectivity index (χ1) is 29.7. The van der Waals surface area contributed by atoms with Gasteiger partial charge < -0.3 is 14.1 Å². The van der Waals surface area contributed by atoms with Crippen molar-refractivity contribution in [2.75, 3.05) is 9.71 Å². The van der Waals surface area contributed by atoms with E-state index in [-0.39, 0.29) is 39.3 Å². The number of benzene rings is 6. The number of furan rings is 1. The number of anilines is 5. The maximum atomic E-state index is 7.06. The van der Waals surface area contributed by atoms with E-state index in [1.54, 1.807) is 0 Å².